The first-order chi connectivity index (χ1) is 10.7. The lowest BCUT2D eigenvalue weighted by molar-refractivity contribution is 0.217. The van der Waals surface area contributed by atoms with Crippen molar-refractivity contribution < 1.29 is 9.47 Å². The smallest absolute Gasteiger partial charge is 0.122 e. The summed E-state index contributed by atoms with van der Waals surface area (Å²) in [7, 11) is 0. The molecule has 0 unspecified atom stereocenters. The summed E-state index contributed by atoms with van der Waals surface area (Å²) >= 11 is 0. The van der Waals surface area contributed by atoms with E-state index in [9.17, 15) is 0 Å². The minimum Gasteiger partial charge on any atom is -0.490 e. The molecule has 0 aliphatic carbocycles. The Balaban J connectivity index is 1.72. The maximum atomic E-state index is 5.68. The molecule has 0 amide bonds. The highest BCUT2D eigenvalue weighted by atomic mass is 16.5. The van der Waals surface area contributed by atoms with Gasteiger partial charge in [-0.3, -0.25) is 0 Å². The summed E-state index contributed by atoms with van der Waals surface area (Å²) in [5.74, 6) is 2.28. The molecule has 0 saturated carbocycles. The summed E-state index contributed by atoms with van der Waals surface area (Å²) in [6.45, 7) is 6.10. The van der Waals surface area contributed by atoms with Crippen molar-refractivity contribution in [3.8, 4) is 11.5 Å². The van der Waals surface area contributed by atoms with Gasteiger partial charge in [0.25, 0.3) is 0 Å². The van der Waals surface area contributed by atoms with E-state index in [1.54, 1.807) is 0 Å². The molecule has 2 aromatic carbocycles. The van der Waals surface area contributed by atoms with E-state index in [1.807, 2.05) is 36.4 Å². The van der Waals surface area contributed by atoms with Gasteiger partial charge in [-0.1, -0.05) is 38.1 Å². The Morgan fingerprint density at radius 2 is 1.32 bits per heavy atom. The van der Waals surface area contributed by atoms with Gasteiger partial charge in [-0.25, -0.2) is 0 Å². The monoisotopic (exact) mass is 299 g/mol. The van der Waals surface area contributed by atoms with Crippen LogP contribution in [0.2, 0.25) is 0 Å². The second-order valence-corrected chi connectivity index (χ2v) is 5.60. The van der Waals surface area contributed by atoms with Gasteiger partial charge in [-0.05, 0) is 54.3 Å². The van der Waals surface area contributed by atoms with Crippen LogP contribution in [0.4, 0.5) is 0 Å². The van der Waals surface area contributed by atoms with E-state index in [4.69, 9.17) is 15.2 Å². The second-order valence-electron chi connectivity index (χ2n) is 5.60. The Hall–Kier alpha value is -2.00. The fourth-order valence-electron chi connectivity index (χ4n) is 2.19. The van der Waals surface area contributed by atoms with E-state index in [2.05, 4.69) is 26.0 Å². The molecule has 0 aromatic heterocycles. The topological polar surface area (TPSA) is 44.5 Å². The highest BCUT2D eigenvalue weighted by Gasteiger charge is 2.00. The van der Waals surface area contributed by atoms with Gasteiger partial charge in [0.05, 0.1) is 0 Å². The van der Waals surface area contributed by atoms with Crippen molar-refractivity contribution in [2.75, 3.05) is 19.8 Å². The minimum atomic E-state index is 0.530. The molecule has 3 nitrogen and oxygen atoms in total. The molecule has 0 bridgehead atoms. The van der Waals surface area contributed by atoms with Crippen LogP contribution in [0.15, 0.2) is 48.5 Å². The molecule has 0 heterocycles. The third-order valence-corrected chi connectivity index (χ3v) is 3.52. The average Bonchev–Trinajstić information content (AvgIpc) is 2.54. The first-order valence-corrected chi connectivity index (χ1v) is 7.83. The van der Waals surface area contributed by atoms with E-state index in [0.717, 1.165) is 17.9 Å². The van der Waals surface area contributed by atoms with Gasteiger partial charge >= 0.3 is 0 Å². The zero-order valence-corrected chi connectivity index (χ0v) is 13.4. The van der Waals surface area contributed by atoms with Gasteiger partial charge in [-0.15, -0.1) is 0 Å². The van der Waals surface area contributed by atoms with E-state index < -0.39 is 0 Å². The first kappa shape index (κ1) is 16.4. The fraction of sp³-hybridized carbons (Fsp3) is 0.368. The van der Waals surface area contributed by atoms with E-state index in [1.165, 1.54) is 11.1 Å². The van der Waals surface area contributed by atoms with Gasteiger partial charge in [0.1, 0.15) is 24.7 Å². The molecular weight excluding hydrogens is 274 g/mol. The third kappa shape index (κ3) is 5.08. The Bertz CT molecular complexity index is 547. The number of benzene rings is 2. The Morgan fingerprint density at radius 3 is 1.77 bits per heavy atom. The number of hydrogen-bond acceptors (Lipinski definition) is 3. The number of ether oxygens (including phenoxy) is 2. The summed E-state index contributed by atoms with van der Waals surface area (Å²) in [5, 5.41) is 0. The summed E-state index contributed by atoms with van der Waals surface area (Å²) in [4.78, 5) is 0. The molecule has 3 heteroatoms. The maximum absolute atomic E-state index is 5.68. The van der Waals surface area contributed by atoms with E-state index >= 15 is 0 Å². The molecule has 2 rings (SSSR count). The van der Waals surface area contributed by atoms with Crippen molar-refractivity contribution in [2.24, 2.45) is 5.73 Å². The van der Waals surface area contributed by atoms with E-state index in [0.29, 0.717) is 25.7 Å². The number of nitrogens with two attached hydrogens (primary N) is 1. The van der Waals surface area contributed by atoms with Crippen LogP contribution < -0.4 is 15.2 Å². The van der Waals surface area contributed by atoms with Crippen molar-refractivity contribution >= 4 is 0 Å². The van der Waals surface area contributed by atoms with Gasteiger partial charge in [0.2, 0.25) is 0 Å². The van der Waals surface area contributed by atoms with Gasteiger partial charge in [0, 0.05) is 0 Å². The molecule has 0 atom stereocenters. The second kappa shape index (κ2) is 8.44. The largest absolute Gasteiger partial charge is 0.490 e. The van der Waals surface area contributed by atoms with E-state index in [-0.39, 0.29) is 0 Å². The molecule has 0 fully saturated rings. The zero-order valence-electron chi connectivity index (χ0n) is 13.4. The van der Waals surface area contributed by atoms with Crippen molar-refractivity contribution in [1.82, 2.24) is 0 Å². The molecule has 22 heavy (non-hydrogen) atoms. The van der Waals surface area contributed by atoms with Crippen molar-refractivity contribution in [2.45, 2.75) is 26.2 Å². The molecule has 0 radical (unpaired) electrons. The van der Waals surface area contributed by atoms with Crippen molar-refractivity contribution in [3.05, 3.63) is 59.7 Å². The first-order valence-electron chi connectivity index (χ1n) is 7.83. The van der Waals surface area contributed by atoms with Crippen molar-refractivity contribution in [1.29, 1.82) is 0 Å². The molecule has 0 aliphatic rings. The summed E-state index contributed by atoms with van der Waals surface area (Å²) in [6.07, 6.45) is 0.899. The van der Waals surface area contributed by atoms with Crippen molar-refractivity contribution in [3.63, 3.8) is 0 Å². The highest BCUT2D eigenvalue weighted by molar-refractivity contribution is 5.29. The lowest BCUT2D eigenvalue weighted by atomic mass is 10.0. The molecular formula is C19H25NO2. The Labute approximate surface area is 133 Å². The molecule has 2 aromatic rings. The lowest BCUT2D eigenvalue weighted by Crippen LogP contribution is -2.09. The third-order valence-electron chi connectivity index (χ3n) is 3.52. The van der Waals surface area contributed by atoms with Crippen LogP contribution in [0, 0.1) is 0 Å². The van der Waals surface area contributed by atoms with Crippen LogP contribution in [-0.4, -0.2) is 19.8 Å². The molecule has 0 aliphatic heterocycles. The maximum Gasteiger partial charge on any atom is 0.122 e. The minimum absolute atomic E-state index is 0.530. The standard InChI is InChI=1S/C19H25NO2/c1-15(2)17-5-9-19(10-6-17)22-14-13-21-18-7-3-16(4-8-18)11-12-20/h3-10,15H,11-14,20H2,1-2H3. The number of rotatable bonds is 8. The predicted octanol–water partition coefficient (Wildman–Crippen LogP) is 3.77. The van der Waals surface area contributed by atoms with Crippen LogP contribution in [-0.2, 0) is 6.42 Å². The zero-order chi connectivity index (χ0) is 15.8. The van der Waals surface area contributed by atoms with Crippen LogP contribution in [0.25, 0.3) is 0 Å². The summed E-state index contributed by atoms with van der Waals surface area (Å²) < 4.78 is 11.3. The number of hydrogen-bond donors (Lipinski definition) is 1. The normalized spacial score (nSPS) is 10.7. The SMILES string of the molecule is CC(C)c1ccc(OCCOc2ccc(CCN)cc2)cc1. The molecule has 118 valence electrons. The molecule has 2 N–H and O–H groups in total. The van der Waals surface area contributed by atoms with Crippen LogP contribution >= 0.6 is 0 Å². The van der Waals surface area contributed by atoms with Crippen LogP contribution in [0.1, 0.15) is 30.9 Å². The molecule has 0 saturated heterocycles. The summed E-state index contributed by atoms with van der Waals surface area (Å²) in [6, 6.07) is 16.3. The quantitative estimate of drug-likeness (QED) is 0.755. The predicted molar refractivity (Wildman–Crippen MR) is 90.7 cm³/mol. The van der Waals surface area contributed by atoms with Gasteiger partial charge in [0.15, 0.2) is 0 Å². The fourth-order valence-corrected chi connectivity index (χ4v) is 2.19. The molecule has 0 spiro atoms. The highest BCUT2D eigenvalue weighted by Crippen LogP contribution is 2.18. The van der Waals surface area contributed by atoms with Crippen LogP contribution in [0.5, 0.6) is 11.5 Å². The Morgan fingerprint density at radius 1 is 0.818 bits per heavy atom. The summed E-state index contributed by atoms with van der Waals surface area (Å²) in [5.41, 5.74) is 8.08. The Kier molecular flexibility index (Phi) is 6.28. The average molecular weight is 299 g/mol. The van der Waals surface area contributed by atoms with Gasteiger partial charge < -0.3 is 15.2 Å². The van der Waals surface area contributed by atoms with Gasteiger partial charge in [-0.2, -0.15) is 0 Å². The lowest BCUT2D eigenvalue weighted by Gasteiger charge is -2.10. The van der Waals surface area contributed by atoms with Crippen LogP contribution in [0.3, 0.4) is 0 Å².